The maximum absolute atomic E-state index is 12.8. The molecule has 0 saturated carbocycles. The summed E-state index contributed by atoms with van der Waals surface area (Å²) in [5, 5.41) is 9.87. The van der Waals surface area contributed by atoms with E-state index in [1.54, 1.807) is 12.3 Å². The van der Waals surface area contributed by atoms with Crippen LogP contribution < -0.4 is 0 Å². The second-order valence-corrected chi connectivity index (χ2v) is 3.42. The summed E-state index contributed by atoms with van der Waals surface area (Å²) >= 11 is 0. The molecule has 0 aliphatic rings. The molecule has 0 bridgehead atoms. The highest BCUT2D eigenvalue weighted by atomic mass is 19.1. The second-order valence-electron chi connectivity index (χ2n) is 3.42. The Morgan fingerprint density at radius 1 is 1.50 bits per heavy atom. The molecule has 1 heterocycles. The fourth-order valence-electron chi connectivity index (χ4n) is 1.50. The maximum atomic E-state index is 12.8. The first-order valence-corrected chi connectivity index (χ1v) is 4.50. The van der Waals surface area contributed by atoms with Crippen LogP contribution in [-0.4, -0.2) is 11.7 Å². The SMILES string of the molecule is CC(CO)c1coc2cc(F)ccc12. The normalized spacial score (nSPS) is 13.4. The third kappa shape index (κ3) is 1.40. The van der Waals surface area contributed by atoms with Crippen LogP contribution in [0.5, 0.6) is 0 Å². The van der Waals surface area contributed by atoms with E-state index in [-0.39, 0.29) is 18.3 Å². The molecule has 3 heteroatoms. The highest BCUT2D eigenvalue weighted by Gasteiger charge is 2.12. The Morgan fingerprint density at radius 3 is 3.00 bits per heavy atom. The first-order valence-electron chi connectivity index (χ1n) is 4.50. The van der Waals surface area contributed by atoms with Crippen molar-refractivity contribution in [2.75, 3.05) is 6.61 Å². The summed E-state index contributed by atoms with van der Waals surface area (Å²) in [6, 6.07) is 4.42. The summed E-state index contributed by atoms with van der Waals surface area (Å²) in [5.74, 6) is -0.295. The van der Waals surface area contributed by atoms with Crippen molar-refractivity contribution in [3.63, 3.8) is 0 Å². The van der Waals surface area contributed by atoms with Gasteiger partial charge >= 0.3 is 0 Å². The average molecular weight is 194 g/mol. The van der Waals surface area contributed by atoms with E-state index < -0.39 is 0 Å². The molecule has 2 nitrogen and oxygen atoms in total. The maximum Gasteiger partial charge on any atom is 0.137 e. The molecule has 0 amide bonds. The molecule has 14 heavy (non-hydrogen) atoms. The molecule has 1 N–H and O–H groups in total. The van der Waals surface area contributed by atoms with Gasteiger partial charge in [0.25, 0.3) is 0 Å². The predicted molar refractivity (Wildman–Crippen MR) is 51.7 cm³/mol. The van der Waals surface area contributed by atoms with Gasteiger partial charge in [0.15, 0.2) is 0 Å². The van der Waals surface area contributed by atoms with Gasteiger partial charge in [-0.2, -0.15) is 0 Å². The molecule has 2 rings (SSSR count). The highest BCUT2D eigenvalue weighted by Crippen LogP contribution is 2.27. The van der Waals surface area contributed by atoms with Gasteiger partial charge in [0.2, 0.25) is 0 Å². The molecule has 74 valence electrons. The molecule has 1 aromatic heterocycles. The van der Waals surface area contributed by atoms with Crippen LogP contribution in [0.25, 0.3) is 11.0 Å². The zero-order chi connectivity index (χ0) is 10.1. The van der Waals surface area contributed by atoms with Crippen molar-refractivity contribution in [1.82, 2.24) is 0 Å². The monoisotopic (exact) mass is 194 g/mol. The third-order valence-electron chi connectivity index (χ3n) is 2.37. The topological polar surface area (TPSA) is 33.4 Å². The zero-order valence-corrected chi connectivity index (χ0v) is 7.83. The van der Waals surface area contributed by atoms with E-state index in [9.17, 15) is 4.39 Å². The molecule has 0 fully saturated rings. The molecule has 0 saturated heterocycles. The third-order valence-corrected chi connectivity index (χ3v) is 2.37. The van der Waals surface area contributed by atoms with Gasteiger partial charge in [0.05, 0.1) is 6.26 Å². The van der Waals surface area contributed by atoms with E-state index in [4.69, 9.17) is 9.52 Å². The molecule has 0 aliphatic carbocycles. The Balaban J connectivity index is 2.58. The average Bonchev–Trinajstić information content (AvgIpc) is 2.59. The van der Waals surface area contributed by atoms with Gasteiger partial charge in [-0.3, -0.25) is 0 Å². The van der Waals surface area contributed by atoms with Crippen LogP contribution in [-0.2, 0) is 0 Å². The van der Waals surface area contributed by atoms with Crippen LogP contribution in [0, 0.1) is 5.82 Å². The number of benzene rings is 1. The van der Waals surface area contributed by atoms with E-state index in [2.05, 4.69) is 0 Å². The van der Waals surface area contributed by atoms with E-state index in [0.29, 0.717) is 5.58 Å². The minimum atomic E-state index is -0.310. The Hall–Kier alpha value is -1.35. The van der Waals surface area contributed by atoms with Gasteiger partial charge in [-0.1, -0.05) is 6.92 Å². The molecule has 0 radical (unpaired) electrons. The van der Waals surface area contributed by atoms with Crippen LogP contribution in [0.4, 0.5) is 4.39 Å². The van der Waals surface area contributed by atoms with E-state index >= 15 is 0 Å². The molecule has 1 aromatic carbocycles. The molecule has 1 atom stereocenters. The van der Waals surface area contributed by atoms with E-state index in [1.807, 2.05) is 6.92 Å². The van der Waals surface area contributed by atoms with Gasteiger partial charge in [-0.25, -0.2) is 4.39 Å². The number of hydrogen-bond acceptors (Lipinski definition) is 2. The number of aliphatic hydroxyl groups is 1. The quantitative estimate of drug-likeness (QED) is 0.797. The molecule has 1 unspecified atom stereocenters. The summed E-state index contributed by atoms with van der Waals surface area (Å²) in [4.78, 5) is 0. The summed E-state index contributed by atoms with van der Waals surface area (Å²) in [7, 11) is 0. The lowest BCUT2D eigenvalue weighted by Gasteiger charge is -2.03. The van der Waals surface area contributed by atoms with Crippen LogP contribution in [0.15, 0.2) is 28.9 Å². The first-order chi connectivity index (χ1) is 6.72. The summed E-state index contributed by atoms with van der Waals surface area (Å²) in [5.41, 5.74) is 1.45. The van der Waals surface area contributed by atoms with Crippen molar-refractivity contribution < 1.29 is 13.9 Å². The number of aliphatic hydroxyl groups excluding tert-OH is 1. The summed E-state index contributed by atoms with van der Waals surface area (Å²) < 4.78 is 18.0. The van der Waals surface area contributed by atoms with Crippen molar-refractivity contribution in [3.8, 4) is 0 Å². The second kappa shape index (κ2) is 3.42. The largest absolute Gasteiger partial charge is 0.464 e. The standard InChI is InChI=1S/C11H11FO2/c1-7(5-13)10-6-14-11-4-8(12)2-3-9(10)11/h2-4,6-7,13H,5H2,1H3. The van der Waals surface area contributed by atoms with Crippen LogP contribution in [0.1, 0.15) is 18.4 Å². The molecule has 2 aromatic rings. The Labute approximate surface area is 81.0 Å². The van der Waals surface area contributed by atoms with Crippen LogP contribution in [0.2, 0.25) is 0 Å². The number of halogens is 1. The van der Waals surface area contributed by atoms with Crippen molar-refractivity contribution in [3.05, 3.63) is 35.8 Å². The van der Waals surface area contributed by atoms with E-state index in [0.717, 1.165) is 10.9 Å². The van der Waals surface area contributed by atoms with Crippen molar-refractivity contribution >= 4 is 11.0 Å². The molecule has 0 aliphatic heterocycles. The Bertz CT molecular complexity index is 447. The molecular weight excluding hydrogens is 183 g/mol. The Kier molecular flexibility index (Phi) is 2.25. The van der Waals surface area contributed by atoms with Crippen molar-refractivity contribution in [2.24, 2.45) is 0 Å². The highest BCUT2D eigenvalue weighted by molar-refractivity contribution is 5.81. The fraction of sp³-hybridized carbons (Fsp3) is 0.273. The van der Waals surface area contributed by atoms with Crippen molar-refractivity contribution in [1.29, 1.82) is 0 Å². The minimum Gasteiger partial charge on any atom is -0.464 e. The van der Waals surface area contributed by atoms with Gasteiger partial charge in [0.1, 0.15) is 11.4 Å². The smallest absolute Gasteiger partial charge is 0.137 e. The van der Waals surface area contributed by atoms with E-state index in [1.165, 1.54) is 12.1 Å². The summed E-state index contributed by atoms with van der Waals surface area (Å²) in [6.07, 6.45) is 1.57. The van der Waals surface area contributed by atoms with Crippen LogP contribution in [0.3, 0.4) is 0 Å². The van der Waals surface area contributed by atoms with Crippen molar-refractivity contribution in [2.45, 2.75) is 12.8 Å². The Morgan fingerprint density at radius 2 is 2.29 bits per heavy atom. The zero-order valence-electron chi connectivity index (χ0n) is 7.83. The van der Waals surface area contributed by atoms with Gasteiger partial charge in [0, 0.05) is 29.5 Å². The number of fused-ring (bicyclic) bond motifs is 1. The lowest BCUT2D eigenvalue weighted by molar-refractivity contribution is 0.273. The first kappa shape index (κ1) is 9.21. The number of rotatable bonds is 2. The number of furan rings is 1. The fourth-order valence-corrected chi connectivity index (χ4v) is 1.50. The molecular formula is C11H11FO2. The van der Waals surface area contributed by atoms with Crippen LogP contribution >= 0.6 is 0 Å². The lowest BCUT2D eigenvalue weighted by Crippen LogP contribution is -1.97. The van der Waals surface area contributed by atoms with Gasteiger partial charge in [-0.05, 0) is 12.1 Å². The van der Waals surface area contributed by atoms with Gasteiger partial charge in [-0.15, -0.1) is 0 Å². The van der Waals surface area contributed by atoms with Gasteiger partial charge < -0.3 is 9.52 Å². The predicted octanol–water partition coefficient (Wildman–Crippen LogP) is 2.67. The lowest BCUT2D eigenvalue weighted by atomic mass is 10.0. The number of hydrogen-bond donors (Lipinski definition) is 1. The minimum absolute atomic E-state index is 0.0155. The summed E-state index contributed by atoms with van der Waals surface area (Å²) in [6.45, 7) is 1.96. The molecule has 0 spiro atoms.